The second kappa shape index (κ2) is 10.2. The minimum atomic E-state index is -8.74. The molecule has 0 unspecified atom stereocenters. The van der Waals surface area contributed by atoms with Crippen LogP contribution < -0.4 is 0 Å². The van der Waals surface area contributed by atoms with E-state index in [-0.39, 0.29) is 0 Å². The molecule has 0 aromatic carbocycles. The quantitative estimate of drug-likeness (QED) is 0.139. The van der Waals surface area contributed by atoms with Gasteiger partial charge in [-0.3, -0.25) is 0 Å². The van der Waals surface area contributed by atoms with Crippen LogP contribution in [0.1, 0.15) is 13.8 Å². The van der Waals surface area contributed by atoms with Crippen LogP contribution in [0.4, 0.5) is 110 Å². The molecular weight excluding hydrogens is 799 g/mol. The molecule has 0 saturated heterocycles. The fourth-order valence-electron chi connectivity index (χ4n) is 3.11. The maximum Gasteiger partial charge on any atom is 0.441 e. The van der Waals surface area contributed by atoms with Crippen molar-refractivity contribution in [3.05, 3.63) is 0 Å². The summed E-state index contributed by atoms with van der Waals surface area (Å²) in [6.45, 7) is -3.34. The Morgan fingerprint density at radius 3 is 1.09 bits per heavy atom. The second-order valence-corrected chi connectivity index (χ2v) is 11.0. The molecule has 47 heavy (non-hydrogen) atoms. The summed E-state index contributed by atoms with van der Waals surface area (Å²) in [5.74, 6) is -64.8. The normalized spacial score (nSPS) is 23.8. The van der Waals surface area contributed by atoms with Gasteiger partial charge in [0.05, 0.1) is 0 Å². The van der Waals surface area contributed by atoms with Crippen molar-refractivity contribution in [1.82, 2.24) is 0 Å². The summed E-state index contributed by atoms with van der Waals surface area (Å²) in [7, 11) is -8.61. The topological polar surface area (TPSA) is 52.6 Å². The number of alkyl halides is 26. The summed E-state index contributed by atoms with van der Waals surface area (Å²) in [4.78, 5) is 0. The van der Waals surface area contributed by atoms with E-state index in [2.05, 4.69) is 11.6 Å². The van der Waals surface area contributed by atoms with Gasteiger partial charge in [0.1, 0.15) is 0 Å². The Bertz CT molecular complexity index is 1310. The van der Waals surface area contributed by atoms with Crippen molar-refractivity contribution in [3.8, 4) is 0 Å². The van der Waals surface area contributed by atoms with Crippen molar-refractivity contribution in [2.45, 2.75) is 95.8 Å². The van der Waals surface area contributed by atoms with E-state index >= 15 is 0 Å². The lowest BCUT2D eigenvalue weighted by molar-refractivity contribution is -0.531. The average Bonchev–Trinajstić information content (AvgIpc) is 2.79. The molecule has 0 bridgehead atoms. The Labute approximate surface area is 245 Å². The zero-order valence-electron chi connectivity index (χ0n) is 20.9. The van der Waals surface area contributed by atoms with Crippen LogP contribution in [-0.4, -0.2) is 90.4 Å². The molecule has 31 heteroatoms. The lowest BCUT2D eigenvalue weighted by Crippen LogP contribution is -2.91. The standard InChI is InChI=1S/C16H6ClF25O4S/c1-3(18,14(17,37)38)6(21,22)11(31,32)7(23,24)4(2,19)15(39,40)45-47(43,44)46-16(41,42)13(35,36)10(29,30)5(20)8(25,26)12(33,34)9(5,27)28/h1-2H3/t3-,4+/m1/s1. The summed E-state index contributed by atoms with van der Waals surface area (Å²) < 4.78 is 365. The van der Waals surface area contributed by atoms with Crippen LogP contribution in [0.2, 0.25) is 0 Å². The Morgan fingerprint density at radius 1 is 0.468 bits per heavy atom. The first-order valence-corrected chi connectivity index (χ1v) is 11.9. The SMILES string of the molecule is C[C@](F)(C(F)(F)Cl)C(F)(F)C(F)(F)C(F)(F)[C@](C)(F)C(F)(F)OS(=O)(=O)OC(F)(F)C(F)(F)C(F)(F)C1(F)C(F)(F)C(F)(F)C1(F)F. The molecule has 0 aromatic rings. The molecule has 0 aromatic heterocycles. The van der Waals surface area contributed by atoms with E-state index in [1.54, 1.807) is 4.18 Å². The Morgan fingerprint density at radius 2 is 0.766 bits per heavy atom. The maximum atomic E-state index is 14.4. The van der Waals surface area contributed by atoms with Crippen LogP contribution >= 0.6 is 11.6 Å². The molecular formula is C16H6ClF25O4S. The van der Waals surface area contributed by atoms with Crippen molar-refractivity contribution >= 4 is 22.0 Å². The van der Waals surface area contributed by atoms with Gasteiger partial charge in [0, 0.05) is 0 Å². The van der Waals surface area contributed by atoms with Crippen LogP contribution in [-0.2, 0) is 18.8 Å². The summed E-state index contributed by atoms with van der Waals surface area (Å²) in [6.07, 6.45) is -16.2. The molecule has 1 aliphatic rings. The molecule has 0 amide bonds. The molecule has 1 rings (SSSR count). The van der Waals surface area contributed by atoms with E-state index in [4.69, 9.17) is 0 Å². The zero-order valence-corrected chi connectivity index (χ0v) is 22.4. The van der Waals surface area contributed by atoms with Gasteiger partial charge in [-0.15, -0.1) is 0 Å². The van der Waals surface area contributed by atoms with Crippen molar-refractivity contribution in [2.75, 3.05) is 0 Å². The summed E-state index contributed by atoms with van der Waals surface area (Å²) in [5.41, 5.74) is -22.0. The third-order valence-corrected chi connectivity index (χ3v) is 7.49. The van der Waals surface area contributed by atoms with E-state index in [0.717, 1.165) is 0 Å². The van der Waals surface area contributed by atoms with Gasteiger partial charge < -0.3 is 0 Å². The van der Waals surface area contributed by atoms with E-state index in [9.17, 15) is 118 Å². The first-order chi connectivity index (χ1) is 19.7. The predicted octanol–water partition coefficient (Wildman–Crippen LogP) is 8.54. The van der Waals surface area contributed by atoms with Crippen molar-refractivity contribution in [1.29, 1.82) is 0 Å². The highest BCUT2D eigenvalue weighted by molar-refractivity contribution is 7.81. The summed E-state index contributed by atoms with van der Waals surface area (Å²) in [5, 5.41) is -6.39. The van der Waals surface area contributed by atoms with Crippen LogP contribution in [0.15, 0.2) is 0 Å². The van der Waals surface area contributed by atoms with Gasteiger partial charge in [-0.2, -0.15) is 113 Å². The first-order valence-electron chi connectivity index (χ1n) is 10.2. The highest BCUT2D eigenvalue weighted by Gasteiger charge is 3.09. The zero-order chi connectivity index (χ0) is 38.9. The molecule has 0 aliphatic heterocycles. The molecule has 282 valence electrons. The lowest BCUT2D eigenvalue weighted by atomic mass is 9.64. The first kappa shape index (κ1) is 43.4. The highest BCUT2D eigenvalue weighted by Crippen LogP contribution is 2.75. The predicted molar refractivity (Wildman–Crippen MR) is 94.2 cm³/mol. The van der Waals surface area contributed by atoms with Gasteiger partial charge in [-0.1, -0.05) is 0 Å². The molecule has 2 atom stereocenters. The van der Waals surface area contributed by atoms with Crippen LogP contribution in [0, 0.1) is 0 Å². The minimum Gasteiger partial charge on any atom is -0.229 e. The average molecular weight is 805 g/mol. The van der Waals surface area contributed by atoms with E-state index < -0.39 is 106 Å². The summed E-state index contributed by atoms with van der Waals surface area (Å²) in [6, 6.07) is 0. The van der Waals surface area contributed by atoms with Crippen molar-refractivity contribution < 1.29 is 127 Å². The monoisotopic (exact) mass is 804 g/mol. The third kappa shape index (κ3) is 4.92. The second-order valence-electron chi connectivity index (χ2n) is 9.37. The Kier molecular flexibility index (Phi) is 9.46. The van der Waals surface area contributed by atoms with Gasteiger partial charge in [0.15, 0.2) is 0 Å². The number of halogens is 26. The molecule has 4 nitrogen and oxygen atoms in total. The third-order valence-electron chi connectivity index (χ3n) is 6.31. The molecule has 1 aliphatic carbocycles. The van der Waals surface area contributed by atoms with E-state index in [1.165, 1.54) is 4.18 Å². The molecule has 1 fully saturated rings. The molecule has 1 saturated carbocycles. The highest BCUT2D eigenvalue weighted by atomic mass is 35.5. The van der Waals surface area contributed by atoms with E-state index in [1.807, 2.05) is 0 Å². The van der Waals surface area contributed by atoms with Gasteiger partial charge in [-0.25, -0.2) is 13.2 Å². The largest absolute Gasteiger partial charge is 0.441 e. The maximum absolute atomic E-state index is 14.4. The van der Waals surface area contributed by atoms with Crippen molar-refractivity contribution in [3.63, 3.8) is 0 Å². The lowest BCUT2D eigenvalue weighted by Gasteiger charge is -2.57. The van der Waals surface area contributed by atoms with Gasteiger partial charge in [-0.05, 0) is 25.4 Å². The molecule has 0 heterocycles. The van der Waals surface area contributed by atoms with Crippen LogP contribution in [0.25, 0.3) is 0 Å². The Balaban J connectivity index is 3.64. The number of rotatable bonds is 13. The molecule has 0 N–H and O–H groups in total. The number of hydrogen-bond acceptors (Lipinski definition) is 4. The molecule has 0 radical (unpaired) electrons. The van der Waals surface area contributed by atoms with Gasteiger partial charge in [0.25, 0.3) is 11.3 Å². The van der Waals surface area contributed by atoms with Gasteiger partial charge in [0.2, 0.25) is 0 Å². The van der Waals surface area contributed by atoms with Crippen LogP contribution in [0.5, 0.6) is 0 Å². The van der Waals surface area contributed by atoms with Gasteiger partial charge >= 0.3 is 81.0 Å². The summed E-state index contributed by atoms with van der Waals surface area (Å²) >= 11 is 3.71. The van der Waals surface area contributed by atoms with Crippen molar-refractivity contribution in [2.24, 2.45) is 0 Å². The minimum absolute atomic E-state index is 1.43. The Hall–Kier alpha value is -1.59. The van der Waals surface area contributed by atoms with E-state index in [0.29, 0.717) is 0 Å². The number of hydrogen-bond donors (Lipinski definition) is 0. The van der Waals surface area contributed by atoms with Crippen LogP contribution in [0.3, 0.4) is 0 Å². The molecule has 0 spiro atoms. The smallest absolute Gasteiger partial charge is 0.229 e. The fraction of sp³-hybridized carbons (Fsp3) is 1.00. The fourth-order valence-corrected chi connectivity index (χ4v) is 4.04.